The third-order valence-corrected chi connectivity index (χ3v) is 7.29. The molecule has 174 valence electrons. The maximum atomic E-state index is 4.67. The number of rotatable bonds is 3. The van der Waals surface area contributed by atoms with Crippen molar-refractivity contribution in [3.8, 4) is 11.1 Å². The Labute approximate surface area is 213 Å². The molecule has 0 radical (unpaired) electrons. The monoisotopic (exact) mass is 463 g/mol. The first-order valence-electron chi connectivity index (χ1n) is 12.8. The maximum absolute atomic E-state index is 4.67. The summed E-state index contributed by atoms with van der Waals surface area (Å²) in [7, 11) is 0. The summed E-state index contributed by atoms with van der Waals surface area (Å²) in [4.78, 5) is 4.67. The van der Waals surface area contributed by atoms with Crippen LogP contribution in [0.3, 0.4) is 0 Å². The molecule has 0 amide bonds. The molecule has 1 nitrogen and oxygen atoms in total. The summed E-state index contributed by atoms with van der Waals surface area (Å²) >= 11 is 0. The van der Waals surface area contributed by atoms with Gasteiger partial charge in [0.1, 0.15) is 0 Å². The first kappa shape index (κ1) is 22.2. The van der Waals surface area contributed by atoms with Gasteiger partial charge >= 0.3 is 0 Å². The Bertz CT molecular complexity index is 1610. The molecule has 6 rings (SSSR count). The maximum Gasteiger partial charge on any atom is 0.0780 e. The summed E-state index contributed by atoms with van der Waals surface area (Å²) in [5.41, 5.74) is 6.27. The zero-order chi connectivity index (χ0) is 24.2. The van der Waals surface area contributed by atoms with Crippen LogP contribution in [0.2, 0.25) is 0 Å². The number of hydrogen-bond donors (Lipinski definition) is 0. The molecule has 2 unspecified atom stereocenters. The van der Waals surface area contributed by atoms with Gasteiger partial charge in [-0.15, -0.1) is 0 Å². The summed E-state index contributed by atoms with van der Waals surface area (Å²) in [5.74, 6) is 0.840. The van der Waals surface area contributed by atoms with Gasteiger partial charge in [0.05, 0.1) is 5.52 Å². The van der Waals surface area contributed by atoms with Crippen molar-refractivity contribution < 1.29 is 0 Å². The number of nitrogens with zero attached hydrogens (tertiary/aromatic N) is 1. The van der Waals surface area contributed by atoms with Crippen LogP contribution < -0.4 is 0 Å². The van der Waals surface area contributed by atoms with E-state index in [2.05, 4.69) is 132 Å². The molecule has 5 aromatic rings. The SMILES string of the molecule is C1=CC(c2cccccccc3ccccc23)CCC1c1cccc(-c2cccc3cccnc23)c1. The Hall–Kier alpha value is -4.23. The zero-order valence-corrected chi connectivity index (χ0v) is 20.3. The van der Waals surface area contributed by atoms with E-state index in [1.165, 1.54) is 38.4 Å². The fourth-order valence-corrected chi connectivity index (χ4v) is 5.46. The van der Waals surface area contributed by atoms with Crippen LogP contribution in [-0.4, -0.2) is 4.98 Å². The Morgan fingerprint density at radius 2 is 1.25 bits per heavy atom. The lowest BCUT2D eigenvalue weighted by atomic mass is 9.80. The summed E-state index contributed by atoms with van der Waals surface area (Å²) in [6, 6.07) is 43.4. The van der Waals surface area contributed by atoms with E-state index < -0.39 is 0 Å². The molecule has 0 spiro atoms. The van der Waals surface area contributed by atoms with Crippen molar-refractivity contribution in [3.63, 3.8) is 0 Å². The van der Waals surface area contributed by atoms with Crippen LogP contribution in [0.15, 0.2) is 140 Å². The molecule has 0 aliphatic heterocycles. The van der Waals surface area contributed by atoms with Gasteiger partial charge in [0.15, 0.2) is 0 Å². The molecule has 1 aliphatic rings. The Morgan fingerprint density at radius 1 is 0.556 bits per heavy atom. The molecule has 36 heavy (non-hydrogen) atoms. The third kappa shape index (κ3) is 4.53. The highest BCUT2D eigenvalue weighted by atomic mass is 14.6. The number of fused-ring (bicyclic) bond motifs is 2. The normalized spacial score (nSPS) is 17.1. The number of benzene rings is 3. The largest absolute Gasteiger partial charge is 0.256 e. The van der Waals surface area contributed by atoms with Crippen LogP contribution in [0.1, 0.15) is 35.8 Å². The van der Waals surface area contributed by atoms with Gasteiger partial charge in [-0.1, -0.05) is 127 Å². The second-order valence-corrected chi connectivity index (χ2v) is 9.52. The van der Waals surface area contributed by atoms with Gasteiger partial charge in [-0.05, 0) is 46.4 Å². The first-order valence-corrected chi connectivity index (χ1v) is 12.8. The molecule has 1 heterocycles. The van der Waals surface area contributed by atoms with E-state index in [0.29, 0.717) is 11.8 Å². The first-order chi connectivity index (χ1) is 17.9. The van der Waals surface area contributed by atoms with E-state index in [1.807, 2.05) is 12.3 Å². The molecule has 0 bridgehead atoms. The second-order valence-electron chi connectivity index (χ2n) is 9.52. The van der Waals surface area contributed by atoms with E-state index in [1.54, 1.807) is 0 Å². The molecule has 1 aliphatic carbocycles. The standard InChI is InChI=1S/C35H29N/c1-2-4-11-27-12-6-7-18-32(27)33(17-5-3-1)28-22-20-26(21-23-28)30-14-8-15-31(25-30)34-19-9-13-29-16-10-24-36-35(29)34/h1-20,22,24-26,28H,21,23H2. The Morgan fingerprint density at radius 3 is 2.14 bits per heavy atom. The molecule has 1 aromatic heterocycles. The van der Waals surface area contributed by atoms with Crippen molar-refractivity contribution in [1.82, 2.24) is 4.98 Å². The van der Waals surface area contributed by atoms with Crippen molar-refractivity contribution in [2.75, 3.05) is 0 Å². The van der Waals surface area contributed by atoms with Crippen molar-refractivity contribution >= 4 is 21.7 Å². The van der Waals surface area contributed by atoms with Gasteiger partial charge in [-0.25, -0.2) is 0 Å². The van der Waals surface area contributed by atoms with Gasteiger partial charge in [0.2, 0.25) is 0 Å². The molecular weight excluding hydrogens is 434 g/mol. The molecule has 0 fully saturated rings. The minimum absolute atomic E-state index is 0.411. The number of para-hydroxylation sites is 1. The lowest BCUT2D eigenvalue weighted by Crippen LogP contribution is -2.07. The van der Waals surface area contributed by atoms with E-state index in [-0.39, 0.29) is 0 Å². The van der Waals surface area contributed by atoms with Crippen LogP contribution in [0.4, 0.5) is 0 Å². The number of aromatic nitrogens is 1. The van der Waals surface area contributed by atoms with E-state index in [9.17, 15) is 0 Å². The smallest absolute Gasteiger partial charge is 0.0780 e. The minimum Gasteiger partial charge on any atom is -0.256 e. The fraction of sp³-hybridized carbons (Fsp3) is 0.114. The van der Waals surface area contributed by atoms with Crippen LogP contribution in [0.5, 0.6) is 0 Å². The van der Waals surface area contributed by atoms with Crippen LogP contribution in [0.25, 0.3) is 32.8 Å². The lowest BCUT2D eigenvalue weighted by molar-refractivity contribution is 0.603. The van der Waals surface area contributed by atoms with E-state index >= 15 is 0 Å². The zero-order valence-electron chi connectivity index (χ0n) is 20.3. The lowest BCUT2D eigenvalue weighted by Gasteiger charge is -2.24. The van der Waals surface area contributed by atoms with Gasteiger partial charge in [-0.3, -0.25) is 4.98 Å². The molecule has 4 aromatic carbocycles. The molecule has 0 saturated carbocycles. The summed E-state index contributed by atoms with van der Waals surface area (Å²) < 4.78 is 0. The summed E-state index contributed by atoms with van der Waals surface area (Å²) in [6.45, 7) is 0. The molecule has 0 saturated heterocycles. The quantitative estimate of drug-likeness (QED) is 0.243. The topological polar surface area (TPSA) is 12.9 Å². The van der Waals surface area contributed by atoms with Crippen LogP contribution >= 0.6 is 0 Å². The van der Waals surface area contributed by atoms with Crippen LogP contribution in [-0.2, 0) is 0 Å². The second kappa shape index (κ2) is 10.2. The van der Waals surface area contributed by atoms with E-state index in [0.717, 1.165) is 18.4 Å². The van der Waals surface area contributed by atoms with Gasteiger partial charge in [-0.2, -0.15) is 0 Å². The van der Waals surface area contributed by atoms with Gasteiger partial charge in [0.25, 0.3) is 0 Å². The number of hydrogen-bond acceptors (Lipinski definition) is 1. The predicted octanol–water partition coefficient (Wildman–Crippen LogP) is 9.40. The Balaban J connectivity index is 1.34. The molecule has 2 atom stereocenters. The van der Waals surface area contributed by atoms with Crippen molar-refractivity contribution in [3.05, 3.63) is 151 Å². The third-order valence-electron chi connectivity index (χ3n) is 7.29. The van der Waals surface area contributed by atoms with Gasteiger partial charge < -0.3 is 0 Å². The average molecular weight is 464 g/mol. The number of allylic oxidation sites excluding steroid dienone is 2. The Kier molecular flexibility index (Phi) is 6.29. The average Bonchev–Trinajstić information content (AvgIpc) is 2.95. The molecule has 0 N–H and O–H groups in total. The summed E-state index contributed by atoms with van der Waals surface area (Å²) in [6.07, 6.45) is 9.01. The summed E-state index contributed by atoms with van der Waals surface area (Å²) in [5, 5.41) is 3.78. The van der Waals surface area contributed by atoms with Crippen molar-refractivity contribution in [2.24, 2.45) is 0 Å². The van der Waals surface area contributed by atoms with Crippen LogP contribution in [0, 0.1) is 0 Å². The van der Waals surface area contributed by atoms with Crippen molar-refractivity contribution in [2.45, 2.75) is 24.7 Å². The molecule has 1 heteroatoms. The van der Waals surface area contributed by atoms with Crippen molar-refractivity contribution in [1.29, 1.82) is 0 Å². The highest BCUT2D eigenvalue weighted by Gasteiger charge is 2.20. The minimum atomic E-state index is 0.411. The highest BCUT2D eigenvalue weighted by molar-refractivity contribution is 5.93. The fourth-order valence-electron chi connectivity index (χ4n) is 5.46. The highest BCUT2D eigenvalue weighted by Crippen LogP contribution is 2.38. The van der Waals surface area contributed by atoms with Gasteiger partial charge in [0, 0.05) is 29.0 Å². The number of pyridine rings is 1. The predicted molar refractivity (Wildman–Crippen MR) is 153 cm³/mol. The van der Waals surface area contributed by atoms with E-state index in [4.69, 9.17) is 0 Å². The molecular formula is C35H29N.